The first-order chi connectivity index (χ1) is 12.9. The highest BCUT2D eigenvalue weighted by Gasteiger charge is 2.69. The van der Waals surface area contributed by atoms with Gasteiger partial charge in [-0.05, 0) is 18.6 Å². The number of aromatic hydroxyl groups is 1. The third-order valence-electron chi connectivity index (χ3n) is 4.37. The second-order valence-electron chi connectivity index (χ2n) is 5.95. The van der Waals surface area contributed by atoms with Crippen molar-refractivity contribution >= 4 is 17.7 Å². The average molecular weight is 407 g/mol. The third kappa shape index (κ3) is 3.28. The Labute approximate surface area is 155 Å². The number of carbonyl (C=O) groups is 2. The standard InChI is InChI=1S/C15H16F3N3O7/c1-3-28-12(23)10-11(7-4-5-9(22)8(6-7)21(26)27)19-13(24)20(2)14(10,25)15(16,17)18/h4-6,10-11,22,25H,3H2,1-2H3,(H,19,24). The fourth-order valence-corrected chi connectivity index (χ4v) is 2.96. The maximum absolute atomic E-state index is 13.7. The van der Waals surface area contributed by atoms with E-state index in [-0.39, 0.29) is 17.1 Å². The van der Waals surface area contributed by atoms with Crippen molar-refractivity contribution in [2.75, 3.05) is 13.7 Å². The predicted molar refractivity (Wildman–Crippen MR) is 84.9 cm³/mol. The molecular formula is C15H16F3N3O7. The van der Waals surface area contributed by atoms with Crippen LogP contribution in [0.4, 0.5) is 23.7 Å². The first kappa shape index (κ1) is 21.2. The Bertz CT molecular complexity index is 817. The summed E-state index contributed by atoms with van der Waals surface area (Å²) in [5, 5.41) is 33.1. The maximum atomic E-state index is 13.7. The average Bonchev–Trinajstić information content (AvgIpc) is 2.58. The number of rotatable bonds is 4. The van der Waals surface area contributed by atoms with Gasteiger partial charge in [-0.2, -0.15) is 13.2 Å². The molecule has 0 saturated carbocycles. The quantitative estimate of drug-likeness (QED) is 0.389. The summed E-state index contributed by atoms with van der Waals surface area (Å²) >= 11 is 0. The number of benzene rings is 1. The highest BCUT2D eigenvalue weighted by atomic mass is 19.4. The molecule has 1 aliphatic rings. The molecule has 0 bridgehead atoms. The normalized spacial score (nSPS) is 25.2. The van der Waals surface area contributed by atoms with E-state index in [9.17, 15) is 43.1 Å². The van der Waals surface area contributed by atoms with Gasteiger partial charge < -0.3 is 20.3 Å². The van der Waals surface area contributed by atoms with Gasteiger partial charge in [-0.15, -0.1) is 0 Å². The Balaban J connectivity index is 2.70. The molecule has 1 fully saturated rings. The zero-order chi connectivity index (χ0) is 21.4. The van der Waals surface area contributed by atoms with Crippen LogP contribution in [0.2, 0.25) is 0 Å². The number of phenols is 1. The van der Waals surface area contributed by atoms with Gasteiger partial charge in [-0.1, -0.05) is 6.07 Å². The highest BCUT2D eigenvalue weighted by Crippen LogP contribution is 2.47. The van der Waals surface area contributed by atoms with Crippen molar-refractivity contribution < 1.29 is 42.6 Å². The smallest absolute Gasteiger partial charge is 0.437 e. The molecule has 3 atom stereocenters. The van der Waals surface area contributed by atoms with E-state index in [2.05, 4.69) is 10.1 Å². The number of urea groups is 1. The van der Waals surface area contributed by atoms with Crippen molar-refractivity contribution in [2.45, 2.75) is 24.9 Å². The zero-order valence-electron chi connectivity index (χ0n) is 14.6. The number of alkyl halides is 3. The SMILES string of the molecule is CCOC(=O)C1C(c2ccc(O)c([N+](=O)[O-])c2)NC(=O)N(C)C1(O)C(F)(F)F. The maximum Gasteiger partial charge on any atom is 0.437 e. The molecule has 10 nitrogen and oxygen atoms in total. The number of aliphatic hydroxyl groups is 1. The van der Waals surface area contributed by atoms with Crippen LogP contribution in [-0.2, 0) is 9.53 Å². The van der Waals surface area contributed by atoms with Crippen LogP contribution in [-0.4, -0.2) is 57.6 Å². The fraction of sp³-hybridized carbons (Fsp3) is 0.467. The van der Waals surface area contributed by atoms with E-state index in [0.29, 0.717) is 13.1 Å². The molecule has 2 rings (SSSR count). The summed E-state index contributed by atoms with van der Waals surface area (Å²) in [5.74, 6) is -4.65. The van der Waals surface area contributed by atoms with Crippen LogP contribution in [0, 0.1) is 16.0 Å². The number of amides is 2. The van der Waals surface area contributed by atoms with Crippen LogP contribution >= 0.6 is 0 Å². The molecule has 0 radical (unpaired) electrons. The fourth-order valence-electron chi connectivity index (χ4n) is 2.96. The first-order valence-corrected chi connectivity index (χ1v) is 7.83. The van der Waals surface area contributed by atoms with Crippen LogP contribution in [0.5, 0.6) is 5.75 Å². The van der Waals surface area contributed by atoms with Crippen molar-refractivity contribution in [3.8, 4) is 5.75 Å². The molecule has 1 aromatic carbocycles. The van der Waals surface area contributed by atoms with Crippen LogP contribution in [0.25, 0.3) is 0 Å². The summed E-state index contributed by atoms with van der Waals surface area (Å²) in [7, 11) is 0.643. The molecule has 0 aliphatic carbocycles. The summed E-state index contributed by atoms with van der Waals surface area (Å²) in [4.78, 5) is 34.3. The molecule has 28 heavy (non-hydrogen) atoms. The van der Waals surface area contributed by atoms with E-state index >= 15 is 0 Å². The van der Waals surface area contributed by atoms with E-state index in [1.54, 1.807) is 0 Å². The summed E-state index contributed by atoms with van der Waals surface area (Å²) < 4.78 is 45.8. The Hall–Kier alpha value is -3.09. The zero-order valence-corrected chi connectivity index (χ0v) is 14.6. The van der Waals surface area contributed by atoms with Gasteiger partial charge in [-0.3, -0.25) is 19.8 Å². The van der Waals surface area contributed by atoms with Crippen LogP contribution in [0.1, 0.15) is 18.5 Å². The second kappa shape index (κ2) is 7.14. The van der Waals surface area contributed by atoms with Gasteiger partial charge in [0.1, 0.15) is 5.92 Å². The Morgan fingerprint density at radius 3 is 2.57 bits per heavy atom. The van der Waals surface area contributed by atoms with Gasteiger partial charge in [0.2, 0.25) is 0 Å². The summed E-state index contributed by atoms with van der Waals surface area (Å²) in [5.41, 5.74) is -5.12. The van der Waals surface area contributed by atoms with Crippen molar-refractivity contribution in [2.24, 2.45) is 5.92 Å². The number of nitrogens with one attached hydrogen (secondary N) is 1. The molecule has 0 spiro atoms. The van der Waals surface area contributed by atoms with E-state index in [1.807, 2.05) is 0 Å². The minimum atomic E-state index is -5.46. The third-order valence-corrected chi connectivity index (χ3v) is 4.37. The minimum absolute atomic E-state index is 0.0834. The number of nitro groups is 1. The van der Waals surface area contributed by atoms with E-state index in [1.165, 1.54) is 6.92 Å². The highest BCUT2D eigenvalue weighted by molar-refractivity contribution is 5.83. The largest absolute Gasteiger partial charge is 0.502 e. The van der Waals surface area contributed by atoms with Crippen LogP contribution in [0.15, 0.2) is 18.2 Å². The van der Waals surface area contributed by atoms with Crippen molar-refractivity contribution in [3.63, 3.8) is 0 Å². The number of ether oxygens (including phenoxy) is 1. The Kier molecular flexibility index (Phi) is 5.41. The van der Waals surface area contributed by atoms with Crippen LogP contribution < -0.4 is 5.32 Å². The molecule has 2 amide bonds. The number of hydrogen-bond acceptors (Lipinski definition) is 7. The monoisotopic (exact) mass is 407 g/mol. The molecule has 3 N–H and O–H groups in total. The Morgan fingerprint density at radius 2 is 2.07 bits per heavy atom. The van der Waals surface area contributed by atoms with Gasteiger partial charge in [0.25, 0.3) is 5.72 Å². The molecule has 1 saturated heterocycles. The number of esters is 1. The van der Waals surface area contributed by atoms with Gasteiger partial charge in [-0.25, -0.2) is 4.79 Å². The van der Waals surface area contributed by atoms with Crippen molar-refractivity contribution in [1.82, 2.24) is 10.2 Å². The first-order valence-electron chi connectivity index (χ1n) is 7.83. The van der Waals surface area contributed by atoms with Crippen molar-refractivity contribution in [3.05, 3.63) is 33.9 Å². The molecule has 1 heterocycles. The lowest BCUT2D eigenvalue weighted by Crippen LogP contribution is -2.73. The van der Waals surface area contributed by atoms with Gasteiger partial charge in [0.05, 0.1) is 17.6 Å². The molecule has 1 aliphatic heterocycles. The van der Waals surface area contributed by atoms with Crippen molar-refractivity contribution in [1.29, 1.82) is 0 Å². The number of nitrogens with zero attached hydrogens (tertiary/aromatic N) is 2. The summed E-state index contributed by atoms with van der Waals surface area (Å²) in [6.45, 7) is 1.01. The Morgan fingerprint density at radius 1 is 1.46 bits per heavy atom. The number of halogens is 3. The number of phenolic OH excluding ortho intramolecular Hbond substituents is 1. The molecule has 1 aromatic rings. The number of nitro benzene ring substituents is 1. The lowest BCUT2D eigenvalue weighted by Gasteiger charge is -2.49. The molecule has 0 aromatic heterocycles. The van der Waals surface area contributed by atoms with E-state index in [0.717, 1.165) is 12.1 Å². The molecular weight excluding hydrogens is 391 g/mol. The topological polar surface area (TPSA) is 142 Å². The summed E-state index contributed by atoms with van der Waals surface area (Å²) in [6, 6.07) is -0.682. The molecule has 13 heteroatoms. The number of hydrogen-bond donors (Lipinski definition) is 3. The predicted octanol–water partition coefficient (Wildman–Crippen LogP) is 1.43. The second-order valence-corrected chi connectivity index (χ2v) is 5.95. The summed E-state index contributed by atoms with van der Waals surface area (Å²) in [6.07, 6.45) is -5.46. The molecule has 154 valence electrons. The van der Waals surface area contributed by atoms with E-state index in [4.69, 9.17) is 0 Å². The molecule has 3 unspecified atom stereocenters. The van der Waals surface area contributed by atoms with Gasteiger partial charge in [0.15, 0.2) is 5.75 Å². The van der Waals surface area contributed by atoms with Crippen LogP contribution in [0.3, 0.4) is 0 Å². The number of carbonyl (C=O) groups excluding carboxylic acids is 2. The van der Waals surface area contributed by atoms with E-state index < -0.39 is 52.2 Å². The van der Waals surface area contributed by atoms with Gasteiger partial charge in [0, 0.05) is 13.1 Å². The minimum Gasteiger partial charge on any atom is -0.502 e. The lowest BCUT2D eigenvalue weighted by molar-refractivity contribution is -0.386. The van der Waals surface area contributed by atoms with Gasteiger partial charge >= 0.3 is 23.9 Å². The lowest BCUT2D eigenvalue weighted by atomic mass is 9.81.